The molecule has 0 radical (unpaired) electrons. The molecule has 2 aliphatic rings. The molecule has 2 heterocycles. The fourth-order valence-corrected chi connectivity index (χ4v) is 2.47. The van der Waals surface area contributed by atoms with Gasteiger partial charge >= 0.3 is 0 Å². The zero-order valence-electron chi connectivity index (χ0n) is 10.6. The van der Waals surface area contributed by atoms with Crippen molar-refractivity contribution in [1.82, 2.24) is 10.2 Å². The van der Waals surface area contributed by atoms with Crippen LogP contribution in [-0.4, -0.2) is 62.4 Å². The van der Waals surface area contributed by atoms with Gasteiger partial charge in [-0.25, -0.2) is 0 Å². The SMILES string of the molecule is COC(C)C(=O)NCC1CN2CCCC2CO1. The van der Waals surface area contributed by atoms with Gasteiger partial charge in [0.1, 0.15) is 6.10 Å². The second kappa shape index (κ2) is 5.80. The molecule has 98 valence electrons. The topological polar surface area (TPSA) is 50.8 Å². The van der Waals surface area contributed by atoms with E-state index in [2.05, 4.69) is 10.2 Å². The molecule has 3 unspecified atom stereocenters. The quantitative estimate of drug-likeness (QED) is 0.754. The van der Waals surface area contributed by atoms with Crippen molar-refractivity contribution in [2.24, 2.45) is 0 Å². The van der Waals surface area contributed by atoms with Crippen molar-refractivity contribution in [1.29, 1.82) is 0 Å². The summed E-state index contributed by atoms with van der Waals surface area (Å²) in [4.78, 5) is 14.0. The first-order valence-corrected chi connectivity index (χ1v) is 6.37. The third kappa shape index (κ3) is 3.18. The second-order valence-electron chi connectivity index (χ2n) is 4.87. The van der Waals surface area contributed by atoms with E-state index in [1.54, 1.807) is 6.92 Å². The molecule has 1 amide bonds. The van der Waals surface area contributed by atoms with Gasteiger partial charge < -0.3 is 14.8 Å². The summed E-state index contributed by atoms with van der Waals surface area (Å²) < 4.78 is 10.7. The van der Waals surface area contributed by atoms with Gasteiger partial charge in [-0.15, -0.1) is 0 Å². The Bertz CT molecular complexity index is 272. The number of nitrogens with one attached hydrogen (secondary N) is 1. The second-order valence-corrected chi connectivity index (χ2v) is 4.87. The number of carbonyl (C=O) groups excluding carboxylic acids is 1. The Kier molecular flexibility index (Phi) is 4.36. The van der Waals surface area contributed by atoms with Gasteiger partial charge in [-0.05, 0) is 26.3 Å². The van der Waals surface area contributed by atoms with E-state index in [0.29, 0.717) is 12.6 Å². The summed E-state index contributed by atoms with van der Waals surface area (Å²) in [6, 6.07) is 0.611. The molecule has 17 heavy (non-hydrogen) atoms. The van der Waals surface area contributed by atoms with Crippen LogP contribution in [0.25, 0.3) is 0 Å². The molecule has 5 heteroatoms. The van der Waals surface area contributed by atoms with Crippen molar-refractivity contribution in [3.8, 4) is 0 Å². The molecule has 1 N–H and O–H groups in total. The Balaban J connectivity index is 1.71. The van der Waals surface area contributed by atoms with E-state index in [9.17, 15) is 4.79 Å². The predicted octanol–water partition coefficient (Wildman–Crippen LogP) is 0.000700. The van der Waals surface area contributed by atoms with Crippen LogP contribution in [0.3, 0.4) is 0 Å². The van der Waals surface area contributed by atoms with Crippen molar-refractivity contribution in [2.75, 3.05) is 33.4 Å². The number of amides is 1. The lowest BCUT2D eigenvalue weighted by atomic mass is 10.2. The summed E-state index contributed by atoms with van der Waals surface area (Å²) in [7, 11) is 1.54. The summed E-state index contributed by atoms with van der Waals surface area (Å²) in [5.74, 6) is -0.0698. The van der Waals surface area contributed by atoms with Gasteiger partial charge in [-0.1, -0.05) is 0 Å². The molecule has 0 aromatic carbocycles. The van der Waals surface area contributed by atoms with E-state index < -0.39 is 6.10 Å². The Morgan fingerprint density at radius 3 is 3.24 bits per heavy atom. The number of morpholine rings is 1. The zero-order valence-corrected chi connectivity index (χ0v) is 10.6. The molecule has 2 fully saturated rings. The lowest BCUT2D eigenvalue weighted by Gasteiger charge is -2.35. The summed E-state index contributed by atoms with van der Waals surface area (Å²) in [6.45, 7) is 5.24. The van der Waals surface area contributed by atoms with Crippen LogP contribution in [-0.2, 0) is 14.3 Å². The monoisotopic (exact) mass is 242 g/mol. The first kappa shape index (κ1) is 12.8. The molecular weight excluding hydrogens is 220 g/mol. The van der Waals surface area contributed by atoms with Crippen molar-refractivity contribution >= 4 is 5.91 Å². The Hall–Kier alpha value is -0.650. The van der Waals surface area contributed by atoms with Crippen LogP contribution in [0.15, 0.2) is 0 Å². The fraction of sp³-hybridized carbons (Fsp3) is 0.917. The minimum Gasteiger partial charge on any atom is -0.373 e. The van der Waals surface area contributed by atoms with Crippen molar-refractivity contribution in [3.05, 3.63) is 0 Å². The molecule has 0 aliphatic carbocycles. The van der Waals surface area contributed by atoms with E-state index in [-0.39, 0.29) is 12.0 Å². The van der Waals surface area contributed by atoms with E-state index in [1.165, 1.54) is 26.5 Å². The van der Waals surface area contributed by atoms with Gasteiger partial charge in [-0.2, -0.15) is 0 Å². The van der Waals surface area contributed by atoms with Crippen LogP contribution >= 0.6 is 0 Å². The van der Waals surface area contributed by atoms with Gasteiger partial charge in [0.05, 0.1) is 12.7 Å². The molecule has 0 saturated carbocycles. The first-order valence-electron chi connectivity index (χ1n) is 6.37. The Morgan fingerprint density at radius 1 is 1.65 bits per heavy atom. The number of hydrogen-bond donors (Lipinski definition) is 1. The molecule has 2 saturated heterocycles. The van der Waals surface area contributed by atoms with Crippen molar-refractivity contribution in [2.45, 2.75) is 38.0 Å². The standard InChI is InChI=1S/C12H22N2O3/c1-9(16-2)12(15)13-6-11-7-14-5-3-4-10(14)8-17-11/h9-11H,3-8H2,1-2H3,(H,13,15). The van der Waals surface area contributed by atoms with Crippen LogP contribution in [0.4, 0.5) is 0 Å². The molecule has 2 rings (SSSR count). The summed E-state index contributed by atoms with van der Waals surface area (Å²) >= 11 is 0. The highest BCUT2D eigenvalue weighted by Gasteiger charge is 2.32. The van der Waals surface area contributed by atoms with E-state index >= 15 is 0 Å². The molecule has 0 bridgehead atoms. The molecule has 5 nitrogen and oxygen atoms in total. The third-order valence-electron chi connectivity index (χ3n) is 3.69. The minimum absolute atomic E-state index is 0.0698. The van der Waals surface area contributed by atoms with Crippen molar-refractivity contribution < 1.29 is 14.3 Å². The van der Waals surface area contributed by atoms with Crippen LogP contribution in [0.1, 0.15) is 19.8 Å². The predicted molar refractivity (Wildman–Crippen MR) is 63.8 cm³/mol. The highest BCUT2D eigenvalue weighted by atomic mass is 16.5. The number of fused-ring (bicyclic) bond motifs is 1. The summed E-state index contributed by atoms with van der Waals surface area (Å²) in [5.41, 5.74) is 0. The number of methoxy groups -OCH3 is 1. The van der Waals surface area contributed by atoms with Crippen LogP contribution in [0.2, 0.25) is 0 Å². The van der Waals surface area contributed by atoms with Gasteiger partial charge in [0.2, 0.25) is 5.91 Å². The Morgan fingerprint density at radius 2 is 2.47 bits per heavy atom. The number of rotatable bonds is 4. The van der Waals surface area contributed by atoms with Gasteiger partial charge in [-0.3, -0.25) is 9.69 Å². The smallest absolute Gasteiger partial charge is 0.248 e. The highest BCUT2D eigenvalue weighted by Crippen LogP contribution is 2.22. The molecule has 2 aliphatic heterocycles. The first-order chi connectivity index (χ1) is 8.20. The molecule has 0 aromatic heterocycles. The molecule has 0 aromatic rings. The van der Waals surface area contributed by atoms with Crippen LogP contribution in [0.5, 0.6) is 0 Å². The molecular formula is C12H22N2O3. The summed E-state index contributed by atoms with van der Waals surface area (Å²) in [5, 5.41) is 2.87. The molecule has 3 atom stereocenters. The maximum absolute atomic E-state index is 11.5. The lowest BCUT2D eigenvalue weighted by molar-refractivity contribution is -0.131. The third-order valence-corrected chi connectivity index (χ3v) is 3.69. The fourth-order valence-electron chi connectivity index (χ4n) is 2.47. The average Bonchev–Trinajstić information content (AvgIpc) is 2.82. The number of hydrogen-bond acceptors (Lipinski definition) is 4. The maximum Gasteiger partial charge on any atom is 0.248 e. The maximum atomic E-state index is 11.5. The van der Waals surface area contributed by atoms with Crippen LogP contribution < -0.4 is 5.32 Å². The van der Waals surface area contributed by atoms with E-state index in [4.69, 9.17) is 9.47 Å². The largest absolute Gasteiger partial charge is 0.373 e. The number of nitrogens with zero attached hydrogens (tertiary/aromatic N) is 1. The van der Waals surface area contributed by atoms with Gasteiger partial charge in [0.15, 0.2) is 0 Å². The summed E-state index contributed by atoms with van der Waals surface area (Å²) in [6.07, 6.45) is 2.25. The number of carbonyl (C=O) groups is 1. The lowest BCUT2D eigenvalue weighted by Crippen LogP contribution is -2.50. The zero-order chi connectivity index (χ0) is 12.3. The van der Waals surface area contributed by atoms with E-state index in [1.807, 2.05) is 0 Å². The Labute approximate surface area is 102 Å². The normalized spacial score (nSPS) is 30.9. The van der Waals surface area contributed by atoms with E-state index in [0.717, 1.165) is 13.2 Å². The van der Waals surface area contributed by atoms with Gasteiger partial charge in [0, 0.05) is 26.2 Å². The average molecular weight is 242 g/mol. The van der Waals surface area contributed by atoms with Crippen LogP contribution in [0, 0.1) is 0 Å². The van der Waals surface area contributed by atoms with Crippen molar-refractivity contribution in [3.63, 3.8) is 0 Å². The molecule has 0 spiro atoms. The number of ether oxygens (including phenoxy) is 2. The highest BCUT2D eigenvalue weighted by molar-refractivity contribution is 5.80. The van der Waals surface area contributed by atoms with Gasteiger partial charge in [0.25, 0.3) is 0 Å². The minimum atomic E-state index is -0.391.